The van der Waals surface area contributed by atoms with Gasteiger partial charge in [-0.1, -0.05) is 59.7 Å². The second-order valence-corrected chi connectivity index (χ2v) is 10.2. The van der Waals surface area contributed by atoms with E-state index in [0.29, 0.717) is 17.0 Å². The van der Waals surface area contributed by atoms with Crippen molar-refractivity contribution in [1.29, 1.82) is 0 Å². The van der Waals surface area contributed by atoms with Crippen LogP contribution in [0, 0.1) is 0 Å². The van der Waals surface area contributed by atoms with Gasteiger partial charge in [0.25, 0.3) is 5.91 Å². The van der Waals surface area contributed by atoms with Crippen molar-refractivity contribution in [3.8, 4) is 11.5 Å². The fourth-order valence-corrected chi connectivity index (χ4v) is 3.54. The number of hydrogen-bond acceptors (Lipinski definition) is 5. The minimum atomic E-state index is -2.42. The summed E-state index contributed by atoms with van der Waals surface area (Å²) in [6.45, 7) is 12.9. The molecule has 7 nitrogen and oxygen atoms in total. The molecule has 0 aliphatic carbocycles. The number of aromatic hydroxyl groups is 1. The monoisotopic (exact) mass is 475 g/mol. The Balaban J connectivity index is 2.13. The van der Waals surface area contributed by atoms with Crippen molar-refractivity contribution < 1.29 is 23.4 Å². The number of ether oxygens (including phenoxy) is 1. The third kappa shape index (κ3) is 7.28. The van der Waals surface area contributed by atoms with Crippen LogP contribution in [0.15, 0.2) is 36.4 Å². The largest absolute Gasteiger partial charge is 0.760 e. The lowest BCUT2D eigenvalue weighted by atomic mass is 9.76. The number of phenolic OH excluding ortho intramolecular Hbond substituents is 1. The number of carbonyl (C=O) groups is 1. The van der Waals surface area contributed by atoms with Crippen LogP contribution >= 0.6 is 0 Å². The van der Waals surface area contributed by atoms with Crippen LogP contribution < -0.4 is 14.8 Å². The summed E-state index contributed by atoms with van der Waals surface area (Å²) < 4.78 is 29.3. The fraction of sp³-hybridized carbons (Fsp3) is 0.480. The first-order valence-corrected chi connectivity index (χ1v) is 12.2. The summed E-state index contributed by atoms with van der Waals surface area (Å²) in [6, 6.07) is 10.7. The van der Waals surface area contributed by atoms with E-state index in [1.54, 1.807) is 12.1 Å². The zero-order chi connectivity index (χ0) is 24.8. The normalized spacial score (nSPS) is 12.9. The second kappa shape index (κ2) is 11.1. The molecule has 2 aromatic carbocycles. The SMILES string of the molecule is CCC(C)(C)c1ccc(OCC(=O)Nc2ccc(CNS(=O)[O-])c(O)c2)c(C(C)(C)CC)c1. The van der Waals surface area contributed by atoms with Crippen LogP contribution in [0.4, 0.5) is 5.69 Å². The zero-order valence-electron chi connectivity index (χ0n) is 20.3. The molecule has 182 valence electrons. The van der Waals surface area contributed by atoms with Gasteiger partial charge in [-0.3, -0.25) is 9.00 Å². The highest BCUT2D eigenvalue weighted by Crippen LogP contribution is 2.38. The highest BCUT2D eigenvalue weighted by Gasteiger charge is 2.26. The second-order valence-electron chi connectivity index (χ2n) is 9.42. The predicted molar refractivity (Wildman–Crippen MR) is 131 cm³/mol. The molecule has 3 N–H and O–H groups in total. The average molecular weight is 476 g/mol. The summed E-state index contributed by atoms with van der Waals surface area (Å²) in [5, 5.41) is 12.8. The third-order valence-electron chi connectivity index (χ3n) is 6.37. The van der Waals surface area contributed by atoms with Crippen molar-refractivity contribution >= 4 is 22.9 Å². The minimum Gasteiger partial charge on any atom is -0.760 e. The van der Waals surface area contributed by atoms with Crippen molar-refractivity contribution in [1.82, 2.24) is 4.72 Å². The zero-order valence-corrected chi connectivity index (χ0v) is 21.1. The molecule has 1 amide bonds. The van der Waals surface area contributed by atoms with Gasteiger partial charge in [-0.25, -0.2) is 4.72 Å². The standard InChI is InChI=1S/C25H36N2O5S/c1-7-24(3,4)18-10-12-22(20(13-18)25(5,6)8-2)32-16-23(29)27-19-11-9-17(21(28)14-19)15-26-33(30)31/h9-14,26,28H,7-8,15-16H2,1-6H3,(H,27,29)(H,30,31)/p-1. The summed E-state index contributed by atoms with van der Waals surface area (Å²) in [5.74, 6) is 0.203. The summed E-state index contributed by atoms with van der Waals surface area (Å²) >= 11 is -2.42. The molecular weight excluding hydrogens is 440 g/mol. The van der Waals surface area contributed by atoms with Gasteiger partial charge in [0, 0.05) is 40.7 Å². The summed E-state index contributed by atoms with van der Waals surface area (Å²) in [7, 11) is 0. The lowest BCUT2D eigenvalue weighted by molar-refractivity contribution is -0.118. The van der Waals surface area contributed by atoms with Gasteiger partial charge in [-0.2, -0.15) is 0 Å². The fourth-order valence-electron chi connectivity index (χ4n) is 3.27. The van der Waals surface area contributed by atoms with Crippen LogP contribution in [0.1, 0.15) is 71.1 Å². The minimum absolute atomic E-state index is 0.0416. The van der Waals surface area contributed by atoms with Crippen LogP contribution in [-0.4, -0.2) is 26.4 Å². The number of phenols is 1. The Morgan fingerprint density at radius 3 is 2.30 bits per heavy atom. The summed E-state index contributed by atoms with van der Waals surface area (Å²) in [5.41, 5.74) is 3.03. The lowest BCUT2D eigenvalue weighted by Crippen LogP contribution is -2.24. The van der Waals surface area contributed by atoms with Crippen molar-refractivity contribution in [2.45, 2.75) is 71.8 Å². The van der Waals surface area contributed by atoms with Gasteiger partial charge in [-0.05, 0) is 41.4 Å². The molecule has 0 aromatic heterocycles. The molecule has 0 saturated heterocycles. The van der Waals surface area contributed by atoms with Crippen LogP contribution in [0.25, 0.3) is 0 Å². The molecule has 0 radical (unpaired) electrons. The number of rotatable bonds is 11. The van der Waals surface area contributed by atoms with E-state index in [0.717, 1.165) is 18.4 Å². The number of hydrogen-bond donors (Lipinski definition) is 3. The first kappa shape index (κ1) is 26.8. The number of carbonyl (C=O) groups excluding carboxylic acids is 1. The van der Waals surface area contributed by atoms with Crippen LogP contribution in [0.5, 0.6) is 11.5 Å². The maximum atomic E-state index is 12.5. The third-order valence-corrected chi connectivity index (χ3v) is 6.75. The number of anilines is 1. The van der Waals surface area contributed by atoms with Crippen molar-refractivity contribution in [2.75, 3.05) is 11.9 Å². The number of benzene rings is 2. The van der Waals surface area contributed by atoms with E-state index in [9.17, 15) is 18.7 Å². The Morgan fingerprint density at radius 1 is 1.06 bits per heavy atom. The summed E-state index contributed by atoms with van der Waals surface area (Å²) in [6.07, 6.45) is 1.93. The van der Waals surface area contributed by atoms with Gasteiger partial charge in [0.05, 0.1) is 0 Å². The molecule has 0 aliphatic heterocycles. The molecule has 2 aromatic rings. The molecule has 8 heteroatoms. The van der Waals surface area contributed by atoms with Crippen LogP contribution in [0.3, 0.4) is 0 Å². The molecule has 1 atom stereocenters. The molecule has 33 heavy (non-hydrogen) atoms. The van der Waals surface area contributed by atoms with Gasteiger partial charge in [0.1, 0.15) is 11.5 Å². The van der Waals surface area contributed by atoms with E-state index in [-0.39, 0.29) is 35.6 Å². The smallest absolute Gasteiger partial charge is 0.262 e. The first-order chi connectivity index (χ1) is 15.4. The van der Waals surface area contributed by atoms with Crippen molar-refractivity contribution in [3.63, 3.8) is 0 Å². The van der Waals surface area contributed by atoms with Gasteiger partial charge >= 0.3 is 0 Å². The van der Waals surface area contributed by atoms with E-state index in [2.05, 4.69) is 63.7 Å². The lowest BCUT2D eigenvalue weighted by Gasteiger charge is -2.30. The topological polar surface area (TPSA) is 111 Å². The van der Waals surface area contributed by atoms with E-state index < -0.39 is 11.3 Å². The molecule has 0 aliphatic rings. The van der Waals surface area contributed by atoms with Gasteiger partial charge < -0.3 is 19.7 Å². The van der Waals surface area contributed by atoms with Crippen LogP contribution in [-0.2, 0) is 33.4 Å². The highest BCUT2D eigenvalue weighted by atomic mass is 32.2. The molecule has 2 rings (SSSR count). The summed E-state index contributed by atoms with van der Waals surface area (Å²) in [4.78, 5) is 12.5. The molecule has 0 heterocycles. The maximum absolute atomic E-state index is 12.5. The molecule has 1 unspecified atom stereocenters. The molecule has 0 fully saturated rings. The van der Waals surface area contributed by atoms with Crippen molar-refractivity contribution in [3.05, 3.63) is 53.1 Å². The number of amides is 1. The Morgan fingerprint density at radius 2 is 1.73 bits per heavy atom. The molecule has 0 spiro atoms. The van der Waals surface area contributed by atoms with E-state index in [4.69, 9.17) is 4.74 Å². The predicted octanol–water partition coefficient (Wildman–Crippen LogP) is 4.67. The maximum Gasteiger partial charge on any atom is 0.262 e. The van der Waals surface area contributed by atoms with Gasteiger partial charge in [-0.15, -0.1) is 0 Å². The quantitative estimate of drug-likeness (QED) is 0.409. The average Bonchev–Trinajstić information content (AvgIpc) is 2.76. The van der Waals surface area contributed by atoms with Gasteiger partial charge in [0.2, 0.25) is 0 Å². The van der Waals surface area contributed by atoms with E-state index in [1.807, 2.05) is 6.07 Å². The Hall–Kier alpha value is -2.42. The number of nitrogens with one attached hydrogen (secondary N) is 2. The Labute approximate surface area is 199 Å². The van der Waals surface area contributed by atoms with Crippen molar-refractivity contribution in [2.24, 2.45) is 0 Å². The van der Waals surface area contributed by atoms with Crippen LogP contribution in [0.2, 0.25) is 0 Å². The highest BCUT2D eigenvalue weighted by molar-refractivity contribution is 7.77. The van der Waals surface area contributed by atoms with Gasteiger partial charge in [0.15, 0.2) is 6.61 Å². The Bertz CT molecular complexity index is 1000. The molecule has 0 saturated carbocycles. The Kier molecular flexibility index (Phi) is 9.05. The van der Waals surface area contributed by atoms with E-state index in [1.165, 1.54) is 11.6 Å². The van der Waals surface area contributed by atoms with E-state index >= 15 is 0 Å². The molecule has 0 bridgehead atoms. The first-order valence-electron chi connectivity index (χ1n) is 11.1. The molecular formula is C25H35N2O5S-.